The number of nitro groups is 1. The molecule has 3 aromatic rings. The third-order valence-electron chi connectivity index (χ3n) is 4.61. The quantitative estimate of drug-likeness (QED) is 0.169. The van der Waals surface area contributed by atoms with Crippen molar-refractivity contribution in [1.82, 2.24) is 9.78 Å². The molecule has 1 aromatic heterocycles. The first-order valence-electron chi connectivity index (χ1n) is 9.76. The third-order valence-corrected chi connectivity index (χ3v) is 4.61. The fourth-order valence-corrected chi connectivity index (χ4v) is 2.98. The molecule has 174 valence electrons. The van der Waals surface area contributed by atoms with Gasteiger partial charge in [-0.1, -0.05) is 18.2 Å². The summed E-state index contributed by atoms with van der Waals surface area (Å²) in [5, 5.41) is 15.4. The lowest BCUT2D eigenvalue weighted by molar-refractivity contribution is -0.384. The number of carbonyl (C=O) groups is 2. The van der Waals surface area contributed by atoms with E-state index in [2.05, 4.69) is 9.84 Å². The monoisotopic (exact) mass is 465 g/mol. The van der Waals surface area contributed by atoms with E-state index in [9.17, 15) is 24.5 Å². The number of nitrogens with zero attached hydrogens (tertiary/aromatic N) is 3. The lowest BCUT2D eigenvalue weighted by Crippen LogP contribution is -2.26. The highest BCUT2D eigenvalue weighted by molar-refractivity contribution is 5.89. The second-order valence-electron chi connectivity index (χ2n) is 6.81. The average Bonchev–Trinajstić information content (AvgIpc) is 2.83. The van der Waals surface area contributed by atoms with Crippen LogP contribution in [0, 0.1) is 17.0 Å². The van der Waals surface area contributed by atoms with E-state index in [1.54, 1.807) is 12.1 Å². The fraction of sp³-hybridized carbons (Fsp3) is 0.130. The molecule has 0 aliphatic rings. The fourth-order valence-electron chi connectivity index (χ4n) is 2.98. The number of esters is 2. The minimum atomic E-state index is -1.08. The molecule has 0 spiro atoms. The number of benzene rings is 2. The number of carbonyl (C=O) groups excluding carboxylic acids is 2. The predicted molar refractivity (Wildman–Crippen MR) is 120 cm³/mol. The largest absolute Gasteiger partial charge is 0.493 e. The van der Waals surface area contributed by atoms with Crippen LogP contribution in [-0.4, -0.2) is 40.9 Å². The normalized spacial score (nSPS) is 10.7. The molecule has 0 saturated heterocycles. The van der Waals surface area contributed by atoms with E-state index >= 15 is 0 Å². The van der Waals surface area contributed by atoms with E-state index < -0.39 is 28.0 Å². The van der Waals surface area contributed by atoms with E-state index in [-0.39, 0.29) is 28.6 Å². The van der Waals surface area contributed by atoms with Crippen molar-refractivity contribution in [3.05, 3.63) is 91.9 Å². The van der Waals surface area contributed by atoms with Gasteiger partial charge in [0.15, 0.2) is 11.5 Å². The Morgan fingerprint density at radius 1 is 1.09 bits per heavy atom. The molecule has 0 amide bonds. The molecule has 0 saturated carbocycles. The first kappa shape index (κ1) is 23.9. The van der Waals surface area contributed by atoms with Gasteiger partial charge >= 0.3 is 11.9 Å². The number of ether oxygens (including phenoxy) is 3. The maximum absolute atomic E-state index is 12.8. The van der Waals surface area contributed by atoms with Crippen LogP contribution in [0.5, 0.6) is 11.5 Å². The van der Waals surface area contributed by atoms with Gasteiger partial charge in [-0.25, -0.2) is 14.3 Å². The molecule has 0 radical (unpaired) electrons. The van der Waals surface area contributed by atoms with Crippen molar-refractivity contribution in [2.45, 2.75) is 6.92 Å². The number of aryl methyl sites for hydroxylation is 1. The van der Waals surface area contributed by atoms with E-state index in [1.807, 2.05) is 0 Å². The molecule has 1 heterocycles. The first-order chi connectivity index (χ1) is 16.2. The molecule has 11 nitrogen and oxygen atoms in total. The summed E-state index contributed by atoms with van der Waals surface area (Å²) in [6.45, 7) is 1.53. The predicted octanol–water partition coefficient (Wildman–Crippen LogP) is 2.86. The molecule has 11 heteroatoms. The van der Waals surface area contributed by atoms with Gasteiger partial charge in [-0.15, -0.1) is 0 Å². The molecule has 0 aliphatic carbocycles. The number of hydrogen-bond donors (Lipinski definition) is 0. The molecule has 0 N–H and O–H groups in total. The van der Waals surface area contributed by atoms with Crippen molar-refractivity contribution in [3.8, 4) is 17.2 Å². The number of methoxy groups -OCH3 is 2. The van der Waals surface area contributed by atoms with Crippen molar-refractivity contribution in [2.75, 3.05) is 14.2 Å². The highest BCUT2D eigenvalue weighted by Gasteiger charge is 2.22. The number of hydrogen-bond acceptors (Lipinski definition) is 9. The minimum absolute atomic E-state index is 0.00161. The van der Waals surface area contributed by atoms with E-state index in [4.69, 9.17) is 9.47 Å². The van der Waals surface area contributed by atoms with E-state index in [0.29, 0.717) is 5.56 Å². The van der Waals surface area contributed by atoms with Crippen molar-refractivity contribution < 1.29 is 28.7 Å². The summed E-state index contributed by atoms with van der Waals surface area (Å²) in [5.74, 6) is -1.46. The van der Waals surface area contributed by atoms with Gasteiger partial charge in [-0.2, -0.15) is 5.10 Å². The van der Waals surface area contributed by atoms with Crippen LogP contribution in [0.1, 0.15) is 21.7 Å². The topological polar surface area (TPSA) is 140 Å². The zero-order valence-corrected chi connectivity index (χ0v) is 18.4. The lowest BCUT2D eigenvalue weighted by atomic mass is 10.2. The maximum Gasteiger partial charge on any atom is 0.368 e. The van der Waals surface area contributed by atoms with Crippen LogP contribution < -0.4 is 14.9 Å². The molecule has 3 rings (SSSR count). The Bertz CT molecular complexity index is 1360. The Labute approximate surface area is 193 Å². The minimum Gasteiger partial charge on any atom is -0.493 e. The summed E-state index contributed by atoms with van der Waals surface area (Å²) in [7, 11) is 2.60. The van der Waals surface area contributed by atoms with Crippen LogP contribution >= 0.6 is 0 Å². The number of rotatable bonds is 7. The van der Waals surface area contributed by atoms with Gasteiger partial charge in [0.2, 0.25) is 11.1 Å². The summed E-state index contributed by atoms with van der Waals surface area (Å²) in [4.78, 5) is 47.3. The molecular weight excluding hydrogens is 446 g/mol. The maximum atomic E-state index is 12.8. The average molecular weight is 465 g/mol. The summed E-state index contributed by atoms with van der Waals surface area (Å²) in [5.41, 5.74) is -0.601. The van der Waals surface area contributed by atoms with Gasteiger partial charge in [-0.05, 0) is 36.8 Å². The number of para-hydroxylation sites is 2. The first-order valence-corrected chi connectivity index (χ1v) is 9.76. The Balaban J connectivity index is 1.97. The zero-order valence-electron chi connectivity index (χ0n) is 18.4. The van der Waals surface area contributed by atoms with Gasteiger partial charge in [0, 0.05) is 23.9 Å². The molecule has 34 heavy (non-hydrogen) atoms. The second kappa shape index (κ2) is 10.2. The van der Waals surface area contributed by atoms with Crippen molar-refractivity contribution in [1.29, 1.82) is 0 Å². The van der Waals surface area contributed by atoms with Gasteiger partial charge in [-0.3, -0.25) is 14.9 Å². The number of aromatic nitrogens is 2. The Hall–Kier alpha value is -4.80. The summed E-state index contributed by atoms with van der Waals surface area (Å²) in [6.07, 6.45) is 2.69. The molecular formula is C23H19N3O8. The summed E-state index contributed by atoms with van der Waals surface area (Å²) < 4.78 is 16.2. The summed E-state index contributed by atoms with van der Waals surface area (Å²) in [6, 6.07) is 11.4. The van der Waals surface area contributed by atoms with E-state index in [1.165, 1.54) is 63.6 Å². The second-order valence-corrected chi connectivity index (χ2v) is 6.81. The standard InChI is InChI=1S/C23H19N3O8/c1-14-12-18(27)22(24-25(14)16-6-4-5-7-17(16)26(30)31)23(29)34-19-10-8-15(13-20(19)32-2)9-11-21(28)33-3/h4-13H,1-3H3/b11-9+. The highest BCUT2D eigenvalue weighted by atomic mass is 16.6. The Morgan fingerprint density at radius 3 is 2.50 bits per heavy atom. The SMILES string of the molecule is COC(=O)/C=C/c1ccc(OC(=O)c2nn(-c3ccccc3[N+](=O)[O-])c(C)cc2=O)c(OC)c1. The molecule has 0 atom stereocenters. The Morgan fingerprint density at radius 2 is 1.82 bits per heavy atom. The van der Waals surface area contributed by atoms with Crippen LogP contribution in [0.2, 0.25) is 0 Å². The smallest absolute Gasteiger partial charge is 0.368 e. The van der Waals surface area contributed by atoms with Crippen molar-refractivity contribution in [2.24, 2.45) is 0 Å². The van der Waals surface area contributed by atoms with Gasteiger partial charge < -0.3 is 14.2 Å². The van der Waals surface area contributed by atoms with Gasteiger partial charge in [0.1, 0.15) is 5.69 Å². The van der Waals surface area contributed by atoms with Crippen LogP contribution in [0.15, 0.2) is 59.4 Å². The van der Waals surface area contributed by atoms with Gasteiger partial charge in [0.05, 0.1) is 19.1 Å². The van der Waals surface area contributed by atoms with Gasteiger partial charge in [0.25, 0.3) is 5.69 Å². The van der Waals surface area contributed by atoms with Crippen LogP contribution in [0.4, 0.5) is 5.69 Å². The molecule has 0 aliphatic heterocycles. The third kappa shape index (κ3) is 5.15. The Kier molecular flexibility index (Phi) is 7.16. The molecule has 2 aromatic carbocycles. The van der Waals surface area contributed by atoms with Crippen molar-refractivity contribution in [3.63, 3.8) is 0 Å². The zero-order chi connectivity index (χ0) is 24.8. The highest BCUT2D eigenvalue weighted by Crippen LogP contribution is 2.29. The van der Waals surface area contributed by atoms with Crippen LogP contribution in [0.3, 0.4) is 0 Å². The molecule has 0 fully saturated rings. The number of nitro benzene ring substituents is 1. The lowest BCUT2D eigenvalue weighted by Gasteiger charge is -2.12. The summed E-state index contributed by atoms with van der Waals surface area (Å²) >= 11 is 0. The molecule has 0 unspecified atom stereocenters. The van der Waals surface area contributed by atoms with Crippen molar-refractivity contribution >= 4 is 23.7 Å². The molecule has 0 bridgehead atoms. The van der Waals surface area contributed by atoms with E-state index in [0.717, 1.165) is 10.7 Å². The van der Waals surface area contributed by atoms with Crippen LogP contribution in [-0.2, 0) is 9.53 Å². The van der Waals surface area contributed by atoms with Crippen LogP contribution in [0.25, 0.3) is 11.8 Å².